The van der Waals surface area contributed by atoms with Gasteiger partial charge in [-0.1, -0.05) is 6.92 Å². The summed E-state index contributed by atoms with van der Waals surface area (Å²) < 4.78 is 0. The highest BCUT2D eigenvalue weighted by Gasteiger charge is 2.37. The Morgan fingerprint density at radius 3 is 2.65 bits per heavy atom. The van der Waals surface area contributed by atoms with Gasteiger partial charge in [-0.25, -0.2) is 9.97 Å². The number of nitrogens with zero attached hydrogens (tertiary/aromatic N) is 3. The van der Waals surface area contributed by atoms with E-state index < -0.39 is 0 Å². The maximum absolute atomic E-state index is 12.5. The molecule has 1 aromatic heterocycles. The lowest BCUT2D eigenvalue weighted by atomic mass is 10.3. The van der Waals surface area contributed by atoms with Crippen LogP contribution in [-0.4, -0.2) is 39.9 Å². The third kappa shape index (κ3) is 3.26. The predicted molar refractivity (Wildman–Crippen MR) is 77.6 cm³/mol. The lowest BCUT2D eigenvalue weighted by molar-refractivity contribution is 0.0728. The highest BCUT2D eigenvalue weighted by atomic mass is 16.2. The molecule has 1 heterocycles. The number of carbonyl (C=O) groups excluding carboxylic acids is 1. The van der Waals surface area contributed by atoms with Crippen molar-refractivity contribution in [2.45, 2.75) is 45.1 Å². The summed E-state index contributed by atoms with van der Waals surface area (Å²) in [6.45, 7) is 3.88. The minimum Gasteiger partial charge on any atom is -0.369 e. The van der Waals surface area contributed by atoms with E-state index in [1.165, 1.54) is 12.8 Å². The van der Waals surface area contributed by atoms with Crippen LogP contribution in [0.25, 0.3) is 0 Å². The first-order valence-corrected chi connectivity index (χ1v) is 7.65. The molecule has 0 aliphatic heterocycles. The Hall–Kier alpha value is -1.65. The second-order valence-electron chi connectivity index (χ2n) is 5.85. The molecule has 0 bridgehead atoms. The predicted octanol–water partition coefficient (Wildman–Crippen LogP) is 2.31. The van der Waals surface area contributed by atoms with Crippen molar-refractivity contribution in [1.29, 1.82) is 0 Å². The average molecular weight is 274 g/mol. The molecule has 5 heteroatoms. The van der Waals surface area contributed by atoms with Crippen LogP contribution in [0.3, 0.4) is 0 Å². The molecule has 3 rings (SSSR count). The first-order chi connectivity index (χ1) is 9.78. The summed E-state index contributed by atoms with van der Waals surface area (Å²) in [7, 11) is 0. The number of rotatable bonds is 7. The van der Waals surface area contributed by atoms with Gasteiger partial charge < -0.3 is 10.2 Å². The van der Waals surface area contributed by atoms with Crippen LogP contribution in [0.15, 0.2) is 12.4 Å². The molecule has 108 valence electrons. The Morgan fingerprint density at radius 2 is 2.10 bits per heavy atom. The summed E-state index contributed by atoms with van der Waals surface area (Å²) >= 11 is 0. The molecule has 1 amide bonds. The van der Waals surface area contributed by atoms with E-state index in [0.29, 0.717) is 11.7 Å². The van der Waals surface area contributed by atoms with Crippen molar-refractivity contribution in [2.24, 2.45) is 5.92 Å². The zero-order valence-electron chi connectivity index (χ0n) is 12.0. The van der Waals surface area contributed by atoms with E-state index in [1.807, 2.05) is 4.90 Å². The summed E-state index contributed by atoms with van der Waals surface area (Å²) in [6.07, 6.45) is 9.11. The second kappa shape index (κ2) is 5.77. The molecule has 2 aliphatic rings. The fourth-order valence-electron chi connectivity index (χ4n) is 2.29. The van der Waals surface area contributed by atoms with Crippen LogP contribution in [-0.2, 0) is 0 Å². The molecule has 0 unspecified atom stereocenters. The van der Waals surface area contributed by atoms with Crippen molar-refractivity contribution in [3.05, 3.63) is 18.1 Å². The van der Waals surface area contributed by atoms with Crippen molar-refractivity contribution in [2.75, 3.05) is 18.4 Å². The van der Waals surface area contributed by atoms with Gasteiger partial charge in [0.2, 0.25) is 0 Å². The van der Waals surface area contributed by atoms with E-state index in [2.05, 4.69) is 22.2 Å². The van der Waals surface area contributed by atoms with E-state index in [0.717, 1.165) is 44.1 Å². The highest BCUT2D eigenvalue weighted by Crippen LogP contribution is 2.35. The van der Waals surface area contributed by atoms with Gasteiger partial charge in [0.05, 0.1) is 12.4 Å². The Bertz CT molecular complexity index is 465. The van der Waals surface area contributed by atoms with Gasteiger partial charge in [0.15, 0.2) is 0 Å². The number of carbonyl (C=O) groups is 1. The van der Waals surface area contributed by atoms with E-state index in [4.69, 9.17) is 0 Å². The Kier molecular flexibility index (Phi) is 3.85. The van der Waals surface area contributed by atoms with Crippen molar-refractivity contribution in [3.8, 4) is 0 Å². The van der Waals surface area contributed by atoms with Gasteiger partial charge in [-0.3, -0.25) is 4.79 Å². The minimum absolute atomic E-state index is 0.0499. The van der Waals surface area contributed by atoms with Crippen LogP contribution in [0.1, 0.15) is 49.5 Å². The summed E-state index contributed by atoms with van der Waals surface area (Å²) in [5.74, 6) is 1.51. The molecule has 20 heavy (non-hydrogen) atoms. The van der Waals surface area contributed by atoms with Crippen LogP contribution in [0.2, 0.25) is 0 Å². The van der Waals surface area contributed by atoms with Crippen LogP contribution < -0.4 is 5.32 Å². The molecule has 0 saturated heterocycles. The Morgan fingerprint density at radius 1 is 1.30 bits per heavy atom. The van der Waals surface area contributed by atoms with Gasteiger partial charge in [0, 0.05) is 19.1 Å². The van der Waals surface area contributed by atoms with E-state index in [9.17, 15) is 4.79 Å². The van der Waals surface area contributed by atoms with Gasteiger partial charge in [-0.05, 0) is 38.0 Å². The van der Waals surface area contributed by atoms with Crippen molar-refractivity contribution >= 4 is 11.7 Å². The number of amides is 1. The van der Waals surface area contributed by atoms with E-state index >= 15 is 0 Å². The van der Waals surface area contributed by atoms with Crippen LogP contribution in [0.5, 0.6) is 0 Å². The quantitative estimate of drug-likeness (QED) is 0.829. The molecule has 5 nitrogen and oxygen atoms in total. The lowest BCUT2D eigenvalue weighted by Crippen LogP contribution is -2.35. The normalized spacial score (nSPS) is 17.9. The number of aromatic nitrogens is 2. The summed E-state index contributed by atoms with van der Waals surface area (Å²) in [5, 5.41) is 3.17. The number of hydrogen-bond donors (Lipinski definition) is 1. The highest BCUT2D eigenvalue weighted by molar-refractivity contribution is 5.92. The molecule has 2 saturated carbocycles. The van der Waals surface area contributed by atoms with Gasteiger partial charge in [0.25, 0.3) is 5.91 Å². The molecular formula is C15H22N4O. The van der Waals surface area contributed by atoms with E-state index in [-0.39, 0.29) is 5.91 Å². The molecule has 0 atom stereocenters. The van der Waals surface area contributed by atoms with Crippen LogP contribution in [0.4, 0.5) is 5.82 Å². The summed E-state index contributed by atoms with van der Waals surface area (Å²) in [4.78, 5) is 23.1. The topological polar surface area (TPSA) is 58.1 Å². The number of anilines is 1. The molecular weight excluding hydrogens is 252 g/mol. The van der Waals surface area contributed by atoms with Gasteiger partial charge in [0.1, 0.15) is 11.5 Å². The smallest absolute Gasteiger partial charge is 0.274 e. The Labute approximate surface area is 119 Å². The number of hydrogen-bond acceptors (Lipinski definition) is 4. The van der Waals surface area contributed by atoms with Crippen molar-refractivity contribution in [1.82, 2.24) is 14.9 Å². The standard InChI is InChI=1S/C15H22N4O/c1-2-7-16-14-9-17-13(8-18-14)15(20)19(12-5-6-12)10-11-3-4-11/h8-9,11-12H,2-7,10H2,1H3,(H,16,18). The molecule has 2 aliphatic carbocycles. The van der Waals surface area contributed by atoms with Crippen molar-refractivity contribution in [3.63, 3.8) is 0 Å². The summed E-state index contributed by atoms with van der Waals surface area (Å²) in [6, 6.07) is 0.447. The first-order valence-electron chi connectivity index (χ1n) is 7.65. The monoisotopic (exact) mass is 274 g/mol. The minimum atomic E-state index is 0.0499. The maximum atomic E-state index is 12.5. The molecule has 0 aromatic carbocycles. The molecule has 0 spiro atoms. The zero-order chi connectivity index (χ0) is 13.9. The molecule has 1 N–H and O–H groups in total. The number of nitrogens with one attached hydrogen (secondary N) is 1. The fourth-order valence-corrected chi connectivity index (χ4v) is 2.29. The first kappa shape index (κ1) is 13.3. The zero-order valence-corrected chi connectivity index (χ0v) is 12.0. The average Bonchev–Trinajstić information content (AvgIpc) is 3.36. The third-order valence-electron chi connectivity index (χ3n) is 3.83. The molecule has 1 aromatic rings. The van der Waals surface area contributed by atoms with Crippen LogP contribution >= 0.6 is 0 Å². The molecule has 2 fully saturated rings. The SMILES string of the molecule is CCCNc1cnc(C(=O)N(CC2CC2)C2CC2)cn1. The molecule has 0 radical (unpaired) electrons. The summed E-state index contributed by atoms with van der Waals surface area (Å²) in [5.41, 5.74) is 0.472. The third-order valence-corrected chi connectivity index (χ3v) is 3.83. The maximum Gasteiger partial charge on any atom is 0.274 e. The van der Waals surface area contributed by atoms with Gasteiger partial charge in [-0.2, -0.15) is 0 Å². The van der Waals surface area contributed by atoms with Crippen molar-refractivity contribution < 1.29 is 4.79 Å². The fraction of sp³-hybridized carbons (Fsp3) is 0.667. The van der Waals surface area contributed by atoms with Crippen LogP contribution in [0, 0.1) is 5.92 Å². The largest absolute Gasteiger partial charge is 0.369 e. The van der Waals surface area contributed by atoms with E-state index in [1.54, 1.807) is 12.4 Å². The van der Waals surface area contributed by atoms with Gasteiger partial charge in [-0.15, -0.1) is 0 Å². The lowest BCUT2D eigenvalue weighted by Gasteiger charge is -2.21. The van der Waals surface area contributed by atoms with Gasteiger partial charge >= 0.3 is 0 Å². The second-order valence-corrected chi connectivity index (χ2v) is 5.85. The Balaban J connectivity index is 1.65.